The molecule has 32 heavy (non-hydrogen) atoms. The molecule has 3 aromatic carbocycles. The molecule has 6 heteroatoms. The Bertz CT molecular complexity index is 1270. The number of carbonyl (C=O) groups is 1. The summed E-state index contributed by atoms with van der Waals surface area (Å²) in [5.74, 6) is 0.736. The predicted octanol–water partition coefficient (Wildman–Crippen LogP) is 5.75. The van der Waals surface area contributed by atoms with E-state index in [0.717, 1.165) is 11.1 Å². The Labute approximate surface area is 185 Å². The van der Waals surface area contributed by atoms with Gasteiger partial charge in [-0.1, -0.05) is 66.7 Å². The molecule has 0 saturated heterocycles. The average Bonchev–Trinajstić information content (AvgIpc) is 3.22. The number of carbonyl (C=O) groups excluding carboxylic acids is 1. The van der Waals surface area contributed by atoms with Crippen LogP contribution in [0.5, 0.6) is 11.5 Å². The van der Waals surface area contributed by atoms with Gasteiger partial charge in [-0.3, -0.25) is 10.1 Å². The highest BCUT2D eigenvalue weighted by molar-refractivity contribution is 6.09. The Kier molecular flexibility index (Phi) is 5.91. The van der Waals surface area contributed by atoms with Gasteiger partial charge in [0, 0.05) is 11.1 Å². The van der Waals surface area contributed by atoms with Crippen molar-refractivity contribution >= 4 is 11.8 Å². The van der Waals surface area contributed by atoms with Gasteiger partial charge >= 0.3 is 0 Å². The fraction of sp³-hybridized carbons (Fsp3) is 0.0769. The number of nitrogens with one attached hydrogen (secondary N) is 1. The smallest absolute Gasteiger partial charge is 0.265 e. The third kappa shape index (κ3) is 3.80. The highest BCUT2D eigenvalue weighted by atomic mass is 16.5. The molecule has 0 saturated carbocycles. The number of hydrogen-bond acceptors (Lipinski definition) is 5. The first-order valence-electron chi connectivity index (χ1n) is 9.88. The van der Waals surface area contributed by atoms with Gasteiger partial charge in [0.15, 0.2) is 0 Å². The molecule has 1 amide bonds. The summed E-state index contributed by atoms with van der Waals surface area (Å²) in [6, 6.07) is 26.2. The first-order valence-corrected chi connectivity index (χ1v) is 9.88. The minimum atomic E-state index is -0.510. The zero-order valence-electron chi connectivity index (χ0n) is 17.6. The van der Waals surface area contributed by atoms with E-state index in [9.17, 15) is 10.1 Å². The number of nitriles is 1. The standard InChI is InChI=1S/C26H20N2O4/c1-30-20-14-9-15-21(31-2)23(20)25(29)28-26-19(16-27)22(17-10-5-3-6-11-17)24(32-26)18-12-7-4-8-13-18/h3-15H,1-2H3,(H,28,29). The average molecular weight is 424 g/mol. The zero-order chi connectivity index (χ0) is 22.5. The third-order valence-electron chi connectivity index (χ3n) is 5.00. The van der Waals surface area contributed by atoms with E-state index in [1.54, 1.807) is 18.2 Å². The van der Waals surface area contributed by atoms with E-state index >= 15 is 0 Å². The molecular formula is C26H20N2O4. The summed E-state index contributed by atoms with van der Waals surface area (Å²) in [6.07, 6.45) is 0. The second-order valence-electron chi connectivity index (χ2n) is 6.85. The van der Waals surface area contributed by atoms with Crippen LogP contribution in [-0.2, 0) is 0 Å². The Morgan fingerprint density at radius 2 is 1.41 bits per heavy atom. The number of rotatable bonds is 6. The van der Waals surface area contributed by atoms with Crippen molar-refractivity contribution in [1.29, 1.82) is 5.26 Å². The van der Waals surface area contributed by atoms with Crippen LogP contribution < -0.4 is 14.8 Å². The van der Waals surface area contributed by atoms with Crippen LogP contribution in [0, 0.1) is 11.3 Å². The molecule has 1 N–H and O–H groups in total. The lowest BCUT2D eigenvalue weighted by Crippen LogP contribution is -2.14. The van der Waals surface area contributed by atoms with E-state index in [-0.39, 0.29) is 17.0 Å². The summed E-state index contributed by atoms with van der Waals surface area (Å²) in [6.45, 7) is 0. The predicted molar refractivity (Wildman–Crippen MR) is 122 cm³/mol. The molecule has 0 aliphatic rings. The topological polar surface area (TPSA) is 84.5 Å². The molecule has 6 nitrogen and oxygen atoms in total. The van der Waals surface area contributed by atoms with Crippen LogP contribution >= 0.6 is 0 Å². The van der Waals surface area contributed by atoms with E-state index in [2.05, 4.69) is 11.4 Å². The van der Waals surface area contributed by atoms with Crippen molar-refractivity contribution in [3.8, 4) is 40.0 Å². The first-order chi connectivity index (χ1) is 15.7. The van der Waals surface area contributed by atoms with Gasteiger partial charge in [0.1, 0.15) is 34.5 Å². The number of ether oxygens (including phenoxy) is 2. The van der Waals surface area contributed by atoms with E-state index < -0.39 is 5.91 Å². The number of benzene rings is 3. The fourth-order valence-electron chi connectivity index (χ4n) is 3.54. The molecule has 0 radical (unpaired) electrons. The van der Waals surface area contributed by atoms with Gasteiger partial charge < -0.3 is 13.9 Å². The van der Waals surface area contributed by atoms with Crippen molar-refractivity contribution < 1.29 is 18.7 Å². The summed E-state index contributed by atoms with van der Waals surface area (Å²) in [7, 11) is 2.94. The second kappa shape index (κ2) is 9.11. The van der Waals surface area contributed by atoms with E-state index in [1.165, 1.54) is 14.2 Å². The molecule has 1 aromatic heterocycles. The van der Waals surface area contributed by atoms with Crippen LogP contribution in [-0.4, -0.2) is 20.1 Å². The van der Waals surface area contributed by atoms with Crippen LogP contribution in [0.3, 0.4) is 0 Å². The number of furan rings is 1. The summed E-state index contributed by atoms with van der Waals surface area (Å²) < 4.78 is 16.7. The van der Waals surface area contributed by atoms with Gasteiger partial charge in [-0.25, -0.2) is 0 Å². The third-order valence-corrected chi connectivity index (χ3v) is 5.00. The Balaban J connectivity index is 1.86. The quantitative estimate of drug-likeness (QED) is 0.426. The van der Waals surface area contributed by atoms with Gasteiger partial charge in [-0.2, -0.15) is 5.26 Å². The minimum absolute atomic E-state index is 0.0585. The highest BCUT2D eigenvalue weighted by Gasteiger charge is 2.26. The van der Waals surface area contributed by atoms with Gasteiger partial charge in [0.2, 0.25) is 5.88 Å². The lowest BCUT2D eigenvalue weighted by atomic mass is 9.98. The summed E-state index contributed by atoms with van der Waals surface area (Å²) in [5, 5.41) is 12.7. The molecule has 158 valence electrons. The van der Waals surface area contributed by atoms with Crippen molar-refractivity contribution in [3.63, 3.8) is 0 Å². The number of methoxy groups -OCH3 is 2. The van der Waals surface area contributed by atoms with Crippen molar-refractivity contribution in [3.05, 3.63) is 90.0 Å². The number of hydrogen-bond donors (Lipinski definition) is 1. The Morgan fingerprint density at radius 1 is 0.844 bits per heavy atom. The van der Waals surface area contributed by atoms with Crippen molar-refractivity contribution in [1.82, 2.24) is 0 Å². The molecule has 1 heterocycles. The lowest BCUT2D eigenvalue weighted by molar-refractivity contribution is 0.101. The molecular weight excluding hydrogens is 404 g/mol. The van der Waals surface area contributed by atoms with Gasteiger partial charge in [0.25, 0.3) is 5.91 Å². The molecule has 0 fully saturated rings. The molecule has 0 spiro atoms. The number of anilines is 1. The monoisotopic (exact) mass is 424 g/mol. The summed E-state index contributed by atoms with van der Waals surface area (Å²) in [4.78, 5) is 13.2. The first kappa shape index (κ1) is 20.8. The van der Waals surface area contributed by atoms with Crippen LogP contribution in [0.25, 0.3) is 22.5 Å². The largest absolute Gasteiger partial charge is 0.496 e. The maximum atomic E-state index is 13.2. The summed E-state index contributed by atoms with van der Waals surface area (Å²) in [5.41, 5.74) is 2.65. The minimum Gasteiger partial charge on any atom is -0.496 e. The maximum absolute atomic E-state index is 13.2. The normalized spacial score (nSPS) is 10.3. The van der Waals surface area contributed by atoms with Crippen LogP contribution in [0.1, 0.15) is 15.9 Å². The van der Waals surface area contributed by atoms with Crippen molar-refractivity contribution in [2.75, 3.05) is 19.5 Å². The van der Waals surface area contributed by atoms with Gasteiger partial charge in [-0.15, -0.1) is 0 Å². The Hall–Kier alpha value is -4.50. The number of amides is 1. The van der Waals surface area contributed by atoms with Gasteiger partial charge in [0.05, 0.1) is 14.2 Å². The summed E-state index contributed by atoms with van der Waals surface area (Å²) >= 11 is 0. The molecule has 0 aliphatic heterocycles. The van der Waals surface area contributed by atoms with E-state index in [1.807, 2.05) is 60.7 Å². The van der Waals surface area contributed by atoms with E-state index in [4.69, 9.17) is 13.9 Å². The molecule has 4 rings (SSSR count). The van der Waals surface area contributed by atoms with Crippen LogP contribution in [0.15, 0.2) is 83.3 Å². The molecule has 0 bridgehead atoms. The second-order valence-corrected chi connectivity index (χ2v) is 6.85. The van der Waals surface area contributed by atoms with Crippen LogP contribution in [0.2, 0.25) is 0 Å². The molecule has 0 aliphatic carbocycles. The molecule has 0 unspecified atom stereocenters. The highest BCUT2D eigenvalue weighted by Crippen LogP contribution is 2.41. The zero-order valence-corrected chi connectivity index (χ0v) is 17.6. The molecule has 0 atom stereocenters. The van der Waals surface area contributed by atoms with Crippen LogP contribution in [0.4, 0.5) is 5.88 Å². The Morgan fingerprint density at radius 3 is 1.94 bits per heavy atom. The number of nitrogens with zero attached hydrogens (tertiary/aromatic N) is 1. The maximum Gasteiger partial charge on any atom is 0.265 e. The van der Waals surface area contributed by atoms with Gasteiger partial charge in [-0.05, 0) is 17.7 Å². The van der Waals surface area contributed by atoms with Crippen molar-refractivity contribution in [2.24, 2.45) is 0 Å². The van der Waals surface area contributed by atoms with Crippen molar-refractivity contribution in [2.45, 2.75) is 0 Å². The SMILES string of the molecule is COc1cccc(OC)c1C(=O)Nc1oc(-c2ccccc2)c(-c2ccccc2)c1C#N. The fourth-order valence-corrected chi connectivity index (χ4v) is 3.54. The molecule has 4 aromatic rings. The lowest BCUT2D eigenvalue weighted by Gasteiger charge is -2.12. The van der Waals surface area contributed by atoms with E-state index in [0.29, 0.717) is 22.8 Å².